The second-order valence-corrected chi connectivity index (χ2v) is 5.35. The first-order valence-electron chi connectivity index (χ1n) is 7.62. The van der Waals surface area contributed by atoms with Crippen LogP contribution in [0.4, 0.5) is 0 Å². The summed E-state index contributed by atoms with van der Waals surface area (Å²) in [7, 11) is 1.34. The van der Waals surface area contributed by atoms with Crippen LogP contribution in [0.5, 0.6) is 0 Å². The molecule has 1 aliphatic heterocycles. The van der Waals surface area contributed by atoms with Crippen LogP contribution in [0.25, 0.3) is 0 Å². The predicted octanol–water partition coefficient (Wildman–Crippen LogP) is -2.38. The molecule has 0 saturated carbocycles. The van der Waals surface area contributed by atoms with E-state index >= 15 is 0 Å². The molecule has 1 heterocycles. The van der Waals surface area contributed by atoms with Crippen LogP contribution in [0.15, 0.2) is 0 Å². The van der Waals surface area contributed by atoms with Crippen molar-refractivity contribution < 1.29 is 14.4 Å². The number of hydrogen-bond donors (Lipinski definition) is 2. The van der Waals surface area contributed by atoms with E-state index in [1.165, 1.54) is 0 Å². The van der Waals surface area contributed by atoms with Gasteiger partial charge in [-0.1, -0.05) is 0 Å². The van der Waals surface area contributed by atoms with Gasteiger partial charge in [0.1, 0.15) is 0 Å². The monoisotopic (exact) mass is 294 g/mol. The SMILES string of the molecule is CB(O)N1CCNCCN(CB=O)CCN(CB=O)CC1. The van der Waals surface area contributed by atoms with Crippen molar-refractivity contribution in [2.75, 3.05) is 65.2 Å². The van der Waals surface area contributed by atoms with Gasteiger partial charge in [0.25, 0.3) is 0 Å². The van der Waals surface area contributed by atoms with Gasteiger partial charge in [0.05, 0.1) is 0 Å². The van der Waals surface area contributed by atoms with Crippen molar-refractivity contribution in [3.63, 3.8) is 0 Å². The average Bonchev–Trinajstić information content (AvgIpc) is 2.44. The van der Waals surface area contributed by atoms with Gasteiger partial charge in [-0.2, -0.15) is 0 Å². The summed E-state index contributed by atoms with van der Waals surface area (Å²) in [6.45, 7) is 7.93. The van der Waals surface area contributed by atoms with Crippen LogP contribution in [0, 0.1) is 0 Å². The molecule has 1 aliphatic rings. The average molecular weight is 294 g/mol. The summed E-state index contributed by atoms with van der Waals surface area (Å²) in [6, 6.07) is 0. The predicted molar refractivity (Wildman–Crippen MR) is 84.0 cm³/mol. The summed E-state index contributed by atoms with van der Waals surface area (Å²) in [5.74, 6) is 0. The zero-order valence-electron chi connectivity index (χ0n) is 12.9. The van der Waals surface area contributed by atoms with E-state index in [1.807, 2.05) is 4.81 Å². The minimum atomic E-state index is -0.487. The van der Waals surface area contributed by atoms with Crippen molar-refractivity contribution in [1.82, 2.24) is 19.9 Å². The summed E-state index contributed by atoms with van der Waals surface area (Å²) in [5, 5.41) is 13.1. The second kappa shape index (κ2) is 11.2. The third-order valence-electron chi connectivity index (χ3n) is 3.81. The Labute approximate surface area is 128 Å². The molecule has 0 aromatic rings. The van der Waals surface area contributed by atoms with Crippen LogP contribution in [0.3, 0.4) is 0 Å². The fourth-order valence-corrected chi connectivity index (χ4v) is 2.42. The zero-order valence-corrected chi connectivity index (χ0v) is 12.9. The van der Waals surface area contributed by atoms with E-state index < -0.39 is 7.05 Å². The normalized spacial score (nSPS) is 20.9. The van der Waals surface area contributed by atoms with Crippen molar-refractivity contribution in [3.05, 3.63) is 0 Å². The van der Waals surface area contributed by atoms with Crippen LogP contribution in [0.1, 0.15) is 0 Å². The van der Waals surface area contributed by atoms with Crippen molar-refractivity contribution in [2.45, 2.75) is 6.82 Å². The van der Waals surface area contributed by atoms with Gasteiger partial charge in [-0.3, -0.25) is 0 Å². The van der Waals surface area contributed by atoms with Crippen LogP contribution in [-0.2, 0) is 9.41 Å². The van der Waals surface area contributed by atoms with Gasteiger partial charge in [0.15, 0.2) is 0 Å². The third-order valence-corrected chi connectivity index (χ3v) is 3.81. The zero-order chi connectivity index (χ0) is 15.5. The Hall–Kier alpha value is -0.405. The van der Waals surface area contributed by atoms with Gasteiger partial charge in [0.2, 0.25) is 0 Å². The molecular formula is C11H25B3N4O3. The molecule has 1 rings (SSSR count). The summed E-state index contributed by atoms with van der Waals surface area (Å²) in [4.78, 5) is 6.15. The molecule has 0 spiro atoms. The molecule has 0 atom stereocenters. The molecular weight excluding hydrogens is 269 g/mol. The van der Waals surface area contributed by atoms with Crippen LogP contribution in [0.2, 0.25) is 6.82 Å². The number of nitrogens with one attached hydrogen (secondary N) is 1. The standard InChI is InChI=1S/C11H25B3N4O3/c1-14(21)18-5-3-15-2-4-16(10-12-19)6-7-17(8-9-18)11-13-20/h15,21H,2-11H2,1H3. The molecule has 0 aliphatic carbocycles. The van der Waals surface area contributed by atoms with Gasteiger partial charge in [-0.25, -0.2) is 0 Å². The van der Waals surface area contributed by atoms with Crippen LogP contribution < -0.4 is 5.32 Å². The first-order valence-corrected chi connectivity index (χ1v) is 7.62. The maximum atomic E-state index is 10.8. The molecule has 0 bridgehead atoms. The van der Waals surface area contributed by atoms with Crippen LogP contribution in [-0.4, -0.2) is 106 Å². The Morgan fingerprint density at radius 1 is 0.952 bits per heavy atom. The van der Waals surface area contributed by atoms with E-state index in [0.717, 1.165) is 66.7 Å². The van der Waals surface area contributed by atoms with E-state index in [1.54, 1.807) is 6.82 Å². The van der Waals surface area contributed by atoms with E-state index in [0.29, 0.717) is 12.9 Å². The number of hydrogen-bond acceptors (Lipinski definition) is 7. The molecule has 7 nitrogen and oxygen atoms in total. The Bertz CT molecular complexity index is 312. The van der Waals surface area contributed by atoms with E-state index in [4.69, 9.17) is 0 Å². The molecule has 21 heavy (non-hydrogen) atoms. The third kappa shape index (κ3) is 7.97. The maximum absolute atomic E-state index is 10.8. The minimum absolute atomic E-state index is 0.390. The molecule has 116 valence electrons. The van der Waals surface area contributed by atoms with Crippen molar-refractivity contribution in [3.8, 4) is 0 Å². The number of rotatable bonds is 5. The molecule has 2 N–H and O–H groups in total. The Kier molecular flexibility index (Phi) is 9.94. The first-order chi connectivity index (χ1) is 10.2. The molecule has 1 saturated heterocycles. The Balaban J connectivity index is 2.59. The Morgan fingerprint density at radius 3 is 2.05 bits per heavy atom. The molecule has 0 radical (unpaired) electrons. The van der Waals surface area contributed by atoms with Gasteiger partial charge in [-0.15, -0.1) is 0 Å². The van der Waals surface area contributed by atoms with E-state index in [2.05, 4.69) is 15.1 Å². The fourth-order valence-electron chi connectivity index (χ4n) is 2.42. The Morgan fingerprint density at radius 2 is 1.48 bits per heavy atom. The van der Waals surface area contributed by atoms with Crippen LogP contribution >= 0.6 is 0 Å². The summed E-state index contributed by atoms with van der Waals surface area (Å²) < 4.78 is 21.5. The summed E-state index contributed by atoms with van der Waals surface area (Å²) in [5.41, 5.74) is 0. The molecule has 10 heteroatoms. The fraction of sp³-hybridized carbons (Fsp3) is 1.00. The molecule has 0 aromatic heterocycles. The van der Waals surface area contributed by atoms with Gasteiger partial charge >= 0.3 is 128 Å². The topological polar surface area (TPSA) is 76.1 Å². The van der Waals surface area contributed by atoms with E-state index in [9.17, 15) is 14.4 Å². The number of nitrogens with zero attached hydrogens (tertiary/aromatic N) is 3. The second-order valence-electron chi connectivity index (χ2n) is 5.35. The quantitative estimate of drug-likeness (QED) is 0.548. The first kappa shape index (κ1) is 18.6. The van der Waals surface area contributed by atoms with Gasteiger partial charge < -0.3 is 0 Å². The summed E-state index contributed by atoms with van der Waals surface area (Å²) >= 11 is 0. The van der Waals surface area contributed by atoms with Crippen molar-refractivity contribution in [1.29, 1.82) is 0 Å². The molecule has 0 aromatic carbocycles. The van der Waals surface area contributed by atoms with Crippen molar-refractivity contribution in [2.24, 2.45) is 0 Å². The van der Waals surface area contributed by atoms with Crippen molar-refractivity contribution >= 4 is 21.4 Å². The van der Waals surface area contributed by atoms with Gasteiger partial charge in [0, 0.05) is 0 Å². The molecule has 0 amide bonds. The van der Waals surface area contributed by atoms with Gasteiger partial charge in [-0.05, 0) is 0 Å². The van der Waals surface area contributed by atoms with E-state index in [-0.39, 0.29) is 0 Å². The summed E-state index contributed by atoms with van der Waals surface area (Å²) in [6.07, 6.45) is 0.817. The molecule has 0 unspecified atom stereocenters. The molecule has 1 fully saturated rings.